The third-order valence-corrected chi connectivity index (χ3v) is 0.712. The lowest BCUT2D eigenvalue weighted by Gasteiger charge is -1.94. The van der Waals surface area contributed by atoms with E-state index in [0.29, 0.717) is 12.8 Å². The second kappa shape index (κ2) is 4.06. The number of esters is 2. The SMILES string of the molecule is CCCC(=O)OC(C)=O.[H+]. The van der Waals surface area contributed by atoms with Crippen LogP contribution in [0, 0.1) is 0 Å². The van der Waals surface area contributed by atoms with E-state index in [0.717, 1.165) is 0 Å². The third-order valence-electron chi connectivity index (χ3n) is 0.712. The number of rotatable bonds is 2. The topological polar surface area (TPSA) is 43.4 Å². The first-order valence-corrected chi connectivity index (χ1v) is 2.88. The Hall–Kier alpha value is -0.860. The lowest BCUT2D eigenvalue weighted by Crippen LogP contribution is -2.07. The maximum atomic E-state index is 10.4. The normalized spacial score (nSPS) is 8.67. The van der Waals surface area contributed by atoms with Crippen LogP contribution in [0.15, 0.2) is 0 Å². The van der Waals surface area contributed by atoms with Crippen LogP contribution >= 0.6 is 0 Å². The molecule has 0 heterocycles. The van der Waals surface area contributed by atoms with Crippen molar-refractivity contribution in [1.29, 1.82) is 0 Å². The number of hydrogen-bond acceptors (Lipinski definition) is 3. The number of carbonyl (C=O) groups is 2. The Balaban J connectivity index is 0. The summed E-state index contributed by atoms with van der Waals surface area (Å²) in [6.45, 7) is 3.06. The van der Waals surface area contributed by atoms with Gasteiger partial charge in [0.1, 0.15) is 0 Å². The zero-order valence-corrected chi connectivity index (χ0v) is 5.64. The third kappa shape index (κ3) is 5.00. The van der Waals surface area contributed by atoms with Crippen LogP contribution in [0.5, 0.6) is 0 Å². The molecule has 0 atom stereocenters. The Bertz CT molecular complexity index is 122. The summed E-state index contributed by atoms with van der Waals surface area (Å²) in [4.78, 5) is 20.5. The molecule has 0 N–H and O–H groups in total. The molecular weight excluding hydrogens is 120 g/mol. The summed E-state index contributed by atoms with van der Waals surface area (Å²) in [5.74, 6) is -0.974. The van der Waals surface area contributed by atoms with E-state index in [-0.39, 0.29) is 1.43 Å². The van der Waals surface area contributed by atoms with E-state index in [1.54, 1.807) is 0 Å². The van der Waals surface area contributed by atoms with E-state index in [9.17, 15) is 9.59 Å². The van der Waals surface area contributed by atoms with Gasteiger partial charge in [0.2, 0.25) is 0 Å². The molecule has 0 saturated carbocycles. The van der Waals surface area contributed by atoms with Crippen molar-refractivity contribution in [3.8, 4) is 0 Å². The van der Waals surface area contributed by atoms with Gasteiger partial charge in [-0.3, -0.25) is 9.59 Å². The maximum Gasteiger partial charge on any atom is 1.00 e. The molecule has 9 heavy (non-hydrogen) atoms. The molecule has 0 aliphatic heterocycles. The minimum atomic E-state index is -0.534. The van der Waals surface area contributed by atoms with Crippen molar-refractivity contribution in [2.45, 2.75) is 26.7 Å². The molecule has 52 valence electrons. The Morgan fingerprint density at radius 3 is 2.44 bits per heavy atom. The highest BCUT2D eigenvalue weighted by Gasteiger charge is 2.02. The molecule has 0 rings (SSSR count). The molecule has 0 saturated heterocycles. The fraction of sp³-hybridized carbons (Fsp3) is 0.667. The van der Waals surface area contributed by atoms with Gasteiger partial charge in [0.05, 0.1) is 0 Å². The van der Waals surface area contributed by atoms with E-state index < -0.39 is 11.9 Å². The molecule has 0 radical (unpaired) electrons. The molecular formula is C6H11O3+. The molecule has 0 aromatic rings. The van der Waals surface area contributed by atoms with Gasteiger partial charge in [-0.2, -0.15) is 0 Å². The molecule has 0 aliphatic rings. The van der Waals surface area contributed by atoms with Crippen LogP contribution in [0.3, 0.4) is 0 Å². The Labute approximate surface area is 55.5 Å². The van der Waals surface area contributed by atoms with Crippen molar-refractivity contribution in [3.63, 3.8) is 0 Å². The molecule has 0 aromatic heterocycles. The molecule has 0 amide bonds. The highest BCUT2D eigenvalue weighted by molar-refractivity contribution is 5.83. The second-order valence-corrected chi connectivity index (χ2v) is 1.72. The summed E-state index contributed by atoms with van der Waals surface area (Å²) in [6.07, 6.45) is 1.03. The number of ether oxygens (including phenoxy) is 1. The highest BCUT2D eigenvalue weighted by atomic mass is 16.6. The first-order chi connectivity index (χ1) is 4.16. The highest BCUT2D eigenvalue weighted by Crippen LogP contribution is 1.90. The second-order valence-electron chi connectivity index (χ2n) is 1.72. The smallest absolute Gasteiger partial charge is 0.393 e. The maximum absolute atomic E-state index is 10.4. The van der Waals surface area contributed by atoms with Crippen LogP contribution in [0.4, 0.5) is 0 Å². The van der Waals surface area contributed by atoms with Gasteiger partial charge in [-0.15, -0.1) is 0 Å². The van der Waals surface area contributed by atoms with Gasteiger partial charge in [-0.25, -0.2) is 0 Å². The van der Waals surface area contributed by atoms with Crippen LogP contribution in [-0.2, 0) is 14.3 Å². The molecule has 0 spiro atoms. The van der Waals surface area contributed by atoms with Crippen LogP contribution in [0.25, 0.3) is 0 Å². The standard InChI is InChI=1S/C6H10O3/c1-3-4-6(8)9-5(2)7/h3-4H2,1-2H3/p+1. The van der Waals surface area contributed by atoms with Crippen molar-refractivity contribution in [3.05, 3.63) is 0 Å². The van der Waals surface area contributed by atoms with Crippen molar-refractivity contribution >= 4 is 11.9 Å². The van der Waals surface area contributed by atoms with Crippen molar-refractivity contribution < 1.29 is 15.8 Å². The van der Waals surface area contributed by atoms with Gasteiger partial charge in [-0.05, 0) is 6.42 Å². The van der Waals surface area contributed by atoms with Gasteiger partial charge < -0.3 is 4.74 Å². The molecule has 0 aliphatic carbocycles. The zero-order valence-electron chi connectivity index (χ0n) is 6.64. The quantitative estimate of drug-likeness (QED) is 0.414. The van der Waals surface area contributed by atoms with E-state index in [1.807, 2.05) is 6.92 Å². The molecule has 3 nitrogen and oxygen atoms in total. The average Bonchev–Trinajstić information content (AvgIpc) is 1.63. The van der Waals surface area contributed by atoms with Gasteiger partial charge >= 0.3 is 13.4 Å². The Morgan fingerprint density at radius 1 is 1.56 bits per heavy atom. The Kier molecular flexibility index (Phi) is 3.67. The number of carbonyl (C=O) groups excluding carboxylic acids is 2. The summed E-state index contributed by atoms with van der Waals surface area (Å²) in [7, 11) is 0. The summed E-state index contributed by atoms with van der Waals surface area (Å²) in [5.41, 5.74) is 0. The molecule has 0 aromatic carbocycles. The average molecular weight is 131 g/mol. The van der Waals surface area contributed by atoms with Gasteiger partial charge in [0.15, 0.2) is 0 Å². The van der Waals surface area contributed by atoms with Crippen LogP contribution in [-0.4, -0.2) is 11.9 Å². The van der Waals surface area contributed by atoms with Gasteiger partial charge in [0, 0.05) is 13.3 Å². The van der Waals surface area contributed by atoms with Crippen molar-refractivity contribution in [2.24, 2.45) is 0 Å². The summed E-state index contributed by atoms with van der Waals surface area (Å²) < 4.78 is 4.21. The van der Waals surface area contributed by atoms with Crippen LogP contribution < -0.4 is 0 Å². The minimum Gasteiger partial charge on any atom is -0.393 e. The largest absolute Gasteiger partial charge is 1.00 e. The van der Waals surface area contributed by atoms with Gasteiger partial charge in [-0.1, -0.05) is 6.92 Å². The zero-order chi connectivity index (χ0) is 7.28. The minimum absolute atomic E-state index is 0. The first kappa shape index (κ1) is 8.14. The van der Waals surface area contributed by atoms with E-state index in [2.05, 4.69) is 4.74 Å². The predicted molar refractivity (Wildman–Crippen MR) is 32.8 cm³/mol. The lowest BCUT2D eigenvalue weighted by atomic mass is 10.3. The van der Waals surface area contributed by atoms with E-state index in [1.165, 1.54) is 6.92 Å². The molecule has 3 heteroatoms. The summed E-state index contributed by atoms with van der Waals surface area (Å²) in [6, 6.07) is 0. The van der Waals surface area contributed by atoms with Gasteiger partial charge in [0.25, 0.3) is 0 Å². The molecule has 0 unspecified atom stereocenters. The monoisotopic (exact) mass is 131 g/mol. The van der Waals surface area contributed by atoms with Crippen LogP contribution in [0.2, 0.25) is 0 Å². The van der Waals surface area contributed by atoms with E-state index in [4.69, 9.17) is 0 Å². The lowest BCUT2D eigenvalue weighted by molar-refractivity contribution is -0.158. The summed E-state index contributed by atoms with van der Waals surface area (Å²) in [5, 5.41) is 0. The van der Waals surface area contributed by atoms with Crippen molar-refractivity contribution in [1.82, 2.24) is 0 Å². The van der Waals surface area contributed by atoms with Crippen LogP contribution in [0.1, 0.15) is 28.1 Å². The first-order valence-electron chi connectivity index (χ1n) is 2.88. The fourth-order valence-corrected chi connectivity index (χ4v) is 0.415. The van der Waals surface area contributed by atoms with Crippen molar-refractivity contribution in [2.75, 3.05) is 0 Å². The summed E-state index contributed by atoms with van der Waals surface area (Å²) >= 11 is 0. The molecule has 0 bridgehead atoms. The molecule has 0 fully saturated rings. The number of hydrogen-bond donors (Lipinski definition) is 0. The fourth-order valence-electron chi connectivity index (χ4n) is 0.415. The Morgan fingerprint density at radius 2 is 2.11 bits per heavy atom. The predicted octanol–water partition coefficient (Wildman–Crippen LogP) is 0.989. The van der Waals surface area contributed by atoms with E-state index >= 15 is 0 Å².